The molecule has 20 heavy (non-hydrogen) atoms. The van der Waals surface area contributed by atoms with E-state index in [-0.39, 0.29) is 5.28 Å². The molecule has 3 heterocycles. The van der Waals surface area contributed by atoms with Gasteiger partial charge in [-0.15, -0.1) is 0 Å². The second kappa shape index (κ2) is 5.36. The van der Waals surface area contributed by atoms with Gasteiger partial charge in [0.1, 0.15) is 6.33 Å². The molecule has 2 aromatic rings. The highest BCUT2D eigenvalue weighted by Gasteiger charge is 2.25. The van der Waals surface area contributed by atoms with Crippen LogP contribution in [0.2, 0.25) is 5.28 Å². The summed E-state index contributed by atoms with van der Waals surface area (Å²) < 4.78 is 1.73. The molecule has 0 radical (unpaired) electrons. The summed E-state index contributed by atoms with van der Waals surface area (Å²) in [6, 6.07) is 0.417. The largest absolute Gasteiger partial charge is 0.338 e. The predicted molar refractivity (Wildman–Crippen MR) is 77.2 cm³/mol. The molecule has 2 unspecified atom stereocenters. The van der Waals surface area contributed by atoms with Crippen LogP contribution in [0.15, 0.2) is 18.7 Å². The van der Waals surface area contributed by atoms with Gasteiger partial charge in [-0.2, -0.15) is 15.0 Å². The highest BCUT2D eigenvalue weighted by molar-refractivity contribution is 6.28. The summed E-state index contributed by atoms with van der Waals surface area (Å²) in [5.74, 6) is 1.79. The smallest absolute Gasteiger partial charge is 0.241 e. The molecule has 1 saturated heterocycles. The molecule has 2 aromatic heterocycles. The second-order valence-electron chi connectivity index (χ2n) is 5.36. The van der Waals surface area contributed by atoms with Gasteiger partial charge in [0.2, 0.25) is 17.2 Å². The first-order chi connectivity index (χ1) is 9.63. The van der Waals surface area contributed by atoms with Gasteiger partial charge in [0.25, 0.3) is 0 Å². The van der Waals surface area contributed by atoms with Crippen LogP contribution in [0.25, 0.3) is 5.95 Å². The molecule has 0 spiro atoms. The summed E-state index contributed by atoms with van der Waals surface area (Å²) in [6.45, 7) is 5.39. The number of piperidine rings is 1. The molecule has 0 aromatic carbocycles. The van der Waals surface area contributed by atoms with Crippen LogP contribution in [-0.4, -0.2) is 37.1 Å². The summed E-state index contributed by atoms with van der Waals surface area (Å²) in [4.78, 5) is 19.2. The lowest BCUT2D eigenvalue weighted by atomic mass is 9.95. The lowest BCUT2D eigenvalue weighted by molar-refractivity contribution is 0.385. The molecule has 1 fully saturated rings. The SMILES string of the molecule is CC1CCC(C)N(c2nc(Cl)nc(-n3ccnc3)n2)C1. The van der Waals surface area contributed by atoms with Crippen LogP contribution in [0.3, 0.4) is 0 Å². The van der Waals surface area contributed by atoms with E-state index in [0.29, 0.717) is 23.9 Å². The van der Waals surface area contributed by atoms with E-state index in [1.54, 1.807) is 23.3 Å². The number of nitrogens with zero attached hydrogens (tertiary/aromatic N) is 6. The predicted octanol–water partition coefficient (Wildman–Crippen LogP) is 2.34. The Balaban J connectivity index is 1.97. The molecule has 7 heteroatoms. The van der Waals surface area contributed by atoms with Gasteiger partial charge in [-0.3, -0.25) is 4.57 Å². The minimum atomic E-state index is 0.212. The van der Waals surface area contributed by atoms with Crippen LogP contribution >= 0.6 is 11.6 Å². The fraction of sp³-hybridized carbons (Fsp3) is 0.538. The Morgan fingerprint density at radius 3 is 2.70 bits per heavy atom. The number of hydrogen-bond acceptors (Lipinski definition) is 5. The lowest BCUT2D eigenvalue weighted by Gasteiger charge is -2.36. The van der Waals surface area contributed by atoms with Crippen molar-refractivity contribution in [2.45, 2.75) is 32.7 Å². The summed E-state index contributed by atoms with van der Waals surface area (Å²) in [5.41, 5.74) is 0. The zero-order valence-electron chi connectivity index (χ0n) is 11.6. The normalized spacial score (nSPS) is 23.1. The van der Waals surface area contributed by atoms with E-state index < -0.39 is 0 Å². The molecular formula is C13H17ClN6. The Hall–Kier alpha value is -1.69. The summed E-state index contributed by atoms with van der Waals surface area (Å²) in [7, 11) is 0. The maximum Gasteiger partial charge on any atom is 0.241 e. The van der Waals surface area contributed by atoms with Crippen molar-refractivity contribution in [1.29, 1.82) is 0 Å². The Bertz CT molecular complexity index is 585. The topological polar surface area (TPSA) is 59.7 Å². The maximum absolute atomic E-state index is 6.05. The van der Waals surface area contributed by atoms with Crippen molar-refractivity contribution in [1.82, 2.24) is 24.5 Å². The molecule has 3 rings (SSSR count). The highest BCUT2D eigenvalue weighted by atomic mass is 35.5. The number of halogens is 1. The quantitative estimate of drug-likeness (QED) is 0.850. The lowest BCUT2D eigenvalue weighted by Crippen LogP contribution is -2.42. The van der Waals surface area contributed by atoms with Gasteiger partial charge >= 0.3 is 0 Å². The van der Waals surface area contributed by atoms with Crippen LogP contribution in [0.4, 0.5) is 5.95 Å². The average Bonchev–Trinajstić information content (AvgIpc) is 2.95. The monoisotopic (exact) mass is 292 g/mol. The van der Waals surface area contributed by atoms with Crippen LogP contribution in [0.5, 0.6) is 0 Å². The summed E-state index contributed by atoms with van der Waals surface area (Å²) in [5, 5.41) is 0.212. The van der Waals surface area contributed by atoms with Crippen molar-refractivity contribution in [2.24, 2.45) is 5.92 Å². The number of aromatic nitrogens is 5. The van der Waals surface area contributed by atoms with Crippen molar-refractivity contribution in [3.05, 3.63) is 24.0 Å². The third-order valence-electron chi connectivity index (χ3n) is 3.69. The standard InChI is InChI=1S/C13H17ClN6/c1-9-3-4-10(2)20(7-9)13-17-11(14)16-12(18-13)19-6-5-15-8-19/h5-6,8-10H,3-4,7H2,1-2H3. The molecule has 0 aliphatic carbocycles. The van der Waals surface area contributed by atoms with E-state index in [1.807, 2.05) is 0 Å². The molecule has 6 nitrogen and oxygen atoms in total. The minimum absolute atomic E-state index is 0.212. The zero-order chi connectivity index (χ0) is 14.1. The van der Waals surface area contributed by atoms with Crippen LogP contribution < -0.4 is 4.90 Å². The molecular weight excluding hydrogens is 276 g/mol. The Labute approximate surface area is 122 Å². The van der Waals surface area contributed by atoms with Crippen molar-refractivity contribution < 1.29 is 0 Å². The van der Waals surface area contributed by atoms with Crippen molar-refractivity contribution in [2.75, 3.05) is 11.4 Å². The molecule has 1 aliphatic rings. The van der Waals surface area contributed by atoms with E-state index in [1.165, 1.54) is 6.42 Å². The molecule has 1 aliphatic heterocycles. The van der Waals surface area contributed by atoms with Crippen molar-refractivity contribution in [3.63, 3.8) is 0 Å². The summed E-state index contributed by atoms with van der Waals surface area (Å²) >= 11 is 6.05. The first kappa shape index (κ1) is 13.3. The molecule has 2 atom stereocenters. The van der Waals surface area contributed by atoms with Gasteiger partial charge in [-0.05, 0) is 37.3 Å². The first-order valence-electron chi connectivity index (χ1n) is 6.80. The van der Waals surface area contributed by atoms with Gasteiger partial charge < -0.3 is 4.90 Å². The van der Waals surface area contributed by atoms with Gasteiger partial charge in [0.05, 0.1) is 0 Å². The summed E-state index contributed by atoms with van der Waals surface area (Å²) in [6.07, 6.45) is 7.51. The molecule has 0 amide bonds. The van der Waals surface area contributed by atoms with Gasteiger partial charge in [0.15, 0.2) is 0 Å². The van der Waals surface area contributed by atoms with Crippen LogP contribution in [0.1, 0.15) is 26.7 Å². The number of hydrogen-bond donors (Lipinski definition) is 0. The zero-order valence-corrected chi connectivity index (χ0v) is 12.3. The van der Waals surface area contributed by atoms with E-state index in [4.69, 9.17) is 11.6 Å². The van der Waals surface area contributed by atoms with Crippen LogP contribution in [-0.2, 0) is 0 Å². The van der Waals surface area contributed by atoms with Crippen LogP contribution in [0, 0.1) is 5.92 Å². The fourth-order valence-electron chi connectivity index (χ4n) is 2.52. The van der Waals surface area contributed by atoms with Gasteiger partial charge in [0, 0.05) is 25.0 Å². The van der Waals surface area contributed by atoms with Crippen molar-refractivity contribution in [3.8, 4) is 5.95 Å². The Morgan fingerprint density at radius 1 is 1.15 bits per heavy atom. The van der Waals surface area contributed by atoms with Gasteiger partial charge in [-0.25, -0.2) is 4.98 Å². The Kier molecular flexibility index (Phi) is 3.56. The van der Waals surface area contributed by atoms with E-state index >= 15 is 0 Å². The first-order valence-corrected chi connectivity index (χ1v) is 7.18. The minimum Gasteiger partial charge on any atom is -0.338 e. The second-order valence-corrected chi connectivity index (χ2v) is 5.70. The van der Waals surface area contributed by atoms with E-state index in [9.17, 15) is 0 Å². The number of anilines is 1. The van der Waals surface area contributed by atoms with Crippen molar-refractivity contribution >= 4 is 17.5 Å². The fourth-order valence-corrected chi connectivity index (χ4v) is 2.67. The van der Waals surface area contributed by atoms with E-state index in [2.05, 4.69) is 38.7 Å². The molecule has 0 N–H and O–H groups in total. The van der Waals surface area contributed by atoms with E-state index in [0.717, 1.165) is 13.0 Å². The Morgan fingerprint density at radius 2 is 1.95 bits per heavy atom. The molecule has 106 valence electrons. The third kappa shape index (κ3) is 2.60. The highest BCUT2D eigenvalue weighted by Crippen LogP contribution is 2.25. The number of rotatable bonds is 2. The maximum atomic E-state index is 6.05. The molecule has 0 saturated carbocycles. The molecule has 0 bridgehead atoms. The third-order valence-corrected chi connectivity index (χ3v) is 3.86. The average molecular weight is 293 g/mol. The number of imidazole rings is 1. The van der Waals surface area contributed by atoms with Gasteiger partial charge in [-0.1, -0.05) is 6.92 Å².